The van der Waals surface area contributed by atoms with Crippen LogP contribution in [0.4, 0.5) is 0 Å². The van der Waals surface area contributed by atoms with E-state index in [0.717, 1.165) is 11.1 Å². The van der Waals surface area contributed by atoms with E-state index in [0.29, 0.717) is 6.42 Å². The van der Waals surface area contributed by atoms with Crippen molar-refractivity contribution in [2.75, 3.05) is 0 Å². The molecule has 1 unspecified atom stereocenters. The molecule has 1 atom stereocenters. The second kappa shape index (κ2) is 3.63. The fourth-order valence-corrected chi connectivity index (χ4v) is 1.72. The van der Waals surface area contributed by atoms with Gasteiger partial charge in [-0.3, -0.25) is 0 Å². The number of rotatable bonds is 2. The van der Waals surface area contributed by atoms with Crippen LogP contribution in [0.25, 0.3) is 0 Å². The van der Waals surface area contributed by atoms with Gasteiger partial charge in [0.05, 0.1) is 0 Å². The summed E-state index contributed by atoms with van der Waals surface area (Å²) in [5.74, 6) is -1.02. The van der Waals surface area contributed by atoms with Crippen molar-refractivity contribution in [1.82, 2.24) is 0 Å². The molecule has 0 saturated carbocycles. The normalized spacial score (nSPS) is 23.8. The summed E-state index contributed by atoms with van der Waals surface area (Å²) in [5.41, 5.74) is 1.52. The van der Waals surface area contributed by atoms with E-state index in [1.54, 1.807) is 0 Å². The number of aryl methyl sites for hydroxylation is 1. The van der Waals surface area contributed by atoms with Crippen molar-refractivity contribution in [3.8, 4) is 0 Å². The molecule has 0 bridgehead atoms. The number of aliphatic carboxylic acids is 1. The van der Waals surface area contributed by atoms with Gasteiger partial charge in [0, 0.05) is 6.42 Å². The minimum absolute atomic E-state index is 0.0723. The van der Waals surface area contributed by atoms with Gasteiger partial charge in [0.2, 0.25) is 0 Å². The van der Waals surface area contributed by atoms with E-state index < -0.39 is 11.6 Å². The van der Waals surface area contributed by atoms with Crippen LogP contribution in [0.5, 0.6) is 0 Å². The van der Waals surface area contributed by atoms with Crippen molar-refractivity contribution in [1.29, 1.82) is 0 Å². The molecule has 0 saturated heterocycles. The van der Waals surface area contributed by atoms with E-state index in [1.165, 1.54) is 0 Å². The fraction of sp³-hybridized carbons (Fsp3) is 0.333. The van der Waals surface area contributed by atoms with Crippen molar-refractivity contribution >= 4 is 11.7 Å². The number of oxime groups is 1. The first-order valence-electron chi connectivity index (χ1n) is 5.07. The minimum atomic E-state index is -1.02. The summed E-state index contributed by atoms with van der Waals surface area (Å²) in [6, 6.07) is 7.83. The zero-order valence-corrected chi connectivity index (χ0v) is 9.23. The van der Waals surface area contributed by atoms with Crippen LogP contribution >= 0.6 is 0 Å². The summed E-state index contributed by atoms with van der Waals surface area (Å²) in [6.07, 6.45) is 0.297. The van der Waals surface area contributed by atoms with Gasteiger partial charge in [0.15, 0.2) is 11.3 Å². The van der Waals surface area contributed by atoms with E-state index in [4.69, 9.17) is 9.94 Å². The third-order valence-electron chi connectivity index (χ3n) is 2.77. The molecular formula is C12H13NO3. The lowest BCUT2D eigenvalue weighted by Crippen LogP contribution is -2.23. The zero-order valence-electron chi connectivity index (χ0n) is 9.23. The summed E-state index contributed by atoms with van der Waals surface area (Å²) < 4.78 is 0. The molecule has 2 rings (SSSR count). The summed E-state index contributed by atoms with van der Waals surface area (Å²) in [7, 11) is 0. The summed E-state index contributed by atoms with van der Waals surface area (Å²) in [6.45, 7) is 3.85. The highest BCUT2D eigenvalue weighted by Crippen LogP contribution is 2.34. The van der Waals surface area contributed by atoms with Crippen molar-refractivity contribution < 1.29 is 14.7 Å². The Morgan fingerprint density at radius 2 is 2.06 bits per heavy atom. The number of carbonyl (C=O) groups is 1. The standard InChI is InChI=1S/C12H13NO3/c1-8-3-5-9(6-4-8)12(2)7-10(11(14)15)13-16-12/h3-6H,7H2,1-2H3,(H,14,15). The molecule has 0 aliphatic carbocycles. The molecule has 1 N–H and O–H groups in total. The zero-order chi connectivity index (χ0) is 11.8. The van der Waals surface area contributed by atoms with E-state index in [9.17, 15) is 4.79 Å². The number of benzene rings is 1. The van der Waals surface area contributed by atoms with Crippen LogP contribution in [-0.4, -0.2) is 16.8 Å². The fourth-order valence-electron chi connectivity index (χ4n) is 1.72. The maximum atomic E-state index is 10.8. The number of nitrogens with zero attached hydrogens (tertiary/aromatic N) is 1. The number of carboxylic acid groups (broad SMARTS) is 1. The van der Waals surface area contributed by atoms with Gasteiger partial charge in [0.25, 0.3) is 0 Å². The van der Waals surface area contributed by atoms with Crippen molar-refractivity contribution in [3.05, 3.63) is 35.4 Å². The molecule has 0 spiro atoms. The van der Waals surface area contributed by atoms with E-state index in [1.807, 2.05) is 38.1 Å². The van der Waals surface area contributed by atoms with E-state index >= 15 is 0 Å². The SMILES string of the molecule is Cc1ccc(C2(C)CC(C(=O)O)=NO2)cc1. The molecule has 4 nitrogen and oxygen atoms in total. The molecule has 1 heterocycles. The molecule has 84 valence electrons. The first kappa shape index (κ1) is 10.7. The van der Waals surface area contributed by atoms with Crippen LogP contribution in [0.1, 0.15) is 24.5 Å². The van der Waals surface area contributed by atoms with Gasteiger partial charge in [-0.2, -0.15) is 0 Å². The second-order valence-corrected chi connectivity index (χ2v) is 4.21. The first-order valence-corrected chi connectivity index (χ1v) is 5.07. The molecule has 1 aromatic carbocycles. The summed E-state index contributed by atoms with van der Waals surface area (Å²) in [4.78, 5) is 16.0. The Balaban J connectivity index is 2.23. The van der Waals surface area contributed by atoms with Crippen LogP contribution in [0.15, 0.2) is 29.4 Å². The molecule has 0 amide bonds. The molecule has 1 aliphatic rings. The molecular weight excluding hydrogens is 206 g/mol. The lowest BCUT2D eigenvalue weighted by molar-refractivity contribution is -0.129. The average Bonchev–Trinajstić information content (AvgIpc) is 2.63. The van der Waals surface area contributed by atoms with Crippen LogP contribution in [0.3, 0.4) is 0 Å². The van der Waals surface area contributed by atoms with Crippen molar-refractivity contribution in [2.45, 2.75) is 25.9 Å². The molecule has 0 aromatic heterocycles. The Hall–Kier alpha value is -1.84. The average molecular weight is 219 g/mol. The predicted octanol–water partition coefficient (Wildman–Crippen LogP) is 2.07. The second-order valence-electron chi connectivity index (χ2n) is 4.21. The van der Waals surface area contributed by atoms with Crippen LogP contribution < -0.4 is 0 Å². The molecule has 0 radical (unpaired) electrons. The molecule has 1 aromatic rings. The van der Waals surface area contributed by atoms with Crippen LogP contribution in [0, 0.1) is 6.92 Å². The summed E-state index contributed by atoms with van der Waals surface area (Å²) >= 11 is 0. The third kappa shape index (κ3) is 1.78. The molecule has 1 aliphatic heterocycles. The molecule has 0 fully saturated rings. The largest absolute Gasteiger partial charge is 0.477 e. The smallest absolute Gasteiger partial charge is 0.353 e. The van der Waals surface area contributed by atoms with Crippen LogP contribution in [0.2, 0.25) is 0 Å². The Bertz CT molecular complexity index is 450. The maximum absolute atomic E-state index is 10.8. The lowest BCUT2D eigenvalue weighted by Gasteiger charge is -2.21. The highest BCUT2D eigenvalue weighted by Gasteiger charge is 2.38. The van der Waals surface area contributed by atoms with Gasteiger partial charge < -0.3 is 9.94 Å². The highest BCUT2D eigenvalue weighted by molar-refractivity contribution is 6.36. The van der Waals surface area contributed by atoms with E-state index in [-0.39, 0.29) is 5.71 Å². The Morgan fingerprint density at radius 1 is 1.44 bits per heavy atom. The Labute approximate surface area is 93.5 Å². The van der Waals surface area contributed by atoms with Crippen molar-refractivity contribution in [2.24, 2.45) is 5.16 Å². The minimum Gasteiger partial charge on any atom is -0.477 e. The number of hydrogen-bond donors (Lipinski definition) is 1. The van der Waals surface area contributed by atoms with Gasteiger partial charge in [-0.25, -0.2) is 4.79 Å². The Kier molecular flexibility index (Phi) is 2.42. The van der Waals surface area contributed by atoms with E-state index in [2.05, 4.69) is 5.16 Å². The van der Waals surface area contributed by atoms with Crippen LogP contribution in [-0.2, 0) is 15.2 Å². The monoisotopic (exact) mass is 219 g/mol. The van der Waals surface area contributed by atoms with Gasteiger partial charge in [0.1, 0.15) is 0 Å². The van der Waals surface area contributed by atoms with Gasteiger partial charge >= 0.3 is 5.97 Å². The topological polar surface area (TPSA) is 58.9 Å². The van der Waals surface area contributed by atoms with Gasteiger partial charge in [-0.1, -0.05) is 35.0 Å². The highest BCUT2D eigenvalue weighted by atomic mass is 16.7. The van der Waals surface area contributed by atoms with Crippen molar-refractivity contribution in [3.63, 3.8) is 0 Å². The Morgan fingerprint density at radius 3 is 2.56 bits per heavy atom. The number of carboxylic acids is 1. The predicted molar refractivity (Wildman–Crippen MR) is 59.3 cm³/mol. The quantitative estimate of drug-likeness (QED) is 0.828. The third-order valence-corrected chi connectivity index (χ3v) is 2.77. The lowest BCUT2D eigenvalue weighted by atomic mass is 9.90. The maximum Gasteiger partial charge on any atom is 0.353 e. The first-order chi connectivity index (χ1) is 7.51. The number of hydrogen-bond acceptors (Lipinski definition) is 3. The van der Waals surface area contributed by atoms with Gasteiger partial charge in [-0.05, 0) is 19.4 Å². The summed E-state index contributed by atoms with van der Waals surface area (Å²) in [5, 5.41) is 12.4. The molecule has 16 heavy (non-hydrogen) atoms. The van der Waals surface area contributed by atoms with Gasteiger partial charge in [-0.15, -0.1) is 0 Å². The molecule has 4 heteroatoms.